The van der Waals surface area contributed by atoms with Crippen LogP contribution in [0, 0.1) is 0 Å². The fraction of sp³-hybridized carbons (Fsp3) is 0. The normalized spacial score (nSPS) is 11.1. The Labute approximate surface area is 177 Å². The molecule has 0 radical (unpaired) electrons. The van der Waals surface area contributed by atoms with E-state index in [0.29, 0.717) is 42.1 Å². The summed E-state index contributed by atoms with van der Waals surface area (Å²) in [5.41, 5.74) is 1.18. The first-order valence-electron chi connectivity index (χ1n) is 7.53. The predicted molar refractivity (Wildman–Crippen MR) is 112 cm³/mol. The topological polar surface area (TPSA) is 55.1 Å². The van der Waals surface area contributed by atoms with E-state index in [0.717, 1.165) is 4.70 Å². The maximum Gasteiger partial charge on any atom is 0.293 e. The van der Waals surface area contributed by atoms with E-state index < -0.39 is 5.91 Å². The van der Waals surface area contributed by atoms with Crippen LogP contribution in [0.15, 0.2) is 46.9 Å². The van der Waals surface area contributed by atoms with Crippen LogP contribution in [0.2, 0.25) is 20.1 Å². The Morgan fingerprint density at radius 3 is 2.59 bits per heavy atom. The molecular formula is C18H8Cl4N2O2S. The van der Waals surface area contributed by atoms with Crippen molar-refractivity contribution in [2.45, 2.75) is 0 Å². The van der Waals surface area contributed by atoms with Crippen LogP contribution in [0.1, 0.15) is 10.6 Å². The number of nitrogens with one attached hydrogen (secondary N) is 1. The SMILES string of the molecule is O=C(Nc1nc2c(Cl)c(Cl)ccc2s1)c1ccc(-c2ccc(Cl)cc2Cl)o1. The second-order valence-corrected chi connectivity index (χ2v) is 8.13. The highest BCUT2D eigenvalue weighted by Gasteiger charge is 2.17. The summed E-state index contributed by atoms with van der Waals surface area (Å²) in [6.45, 7) is 0. The largest absolute Gasteiger partial charge is 0.451 e. The highest BCUT2D eigenvalue weighted by Crippen LogP contribution is 2.36. The van der Waals surface area contributed by atoms with Gasteiger partial charge in [-0.15, -0.1) is 0 Å². The highest BCUT2D eigenvalue weighted by atomic mass is 35.5. The molecular weight excluding hydrogens is 450 g/mol. The van der Waals surface area contributed by atoms with Gasteiger partial charge in [-0.25, -0.2) is 4.98 Å². The number of thiazole rings is 1. The van der Waals surface area contributed by atoms with Gasteiger partial charge in [0.25, 0.3) is 5.91 Å². The molecule has 27 heavy (non-hydrogen) atoms. The van der Waals surface area contributed by atoms with Crippen molar-refractivity contribution in [1.29, 1.82) is 0 Å². The molecule has 0 atom stereocenters. The monoisotopic (exact) mass is 456 g/mol. The van der Waals surface area contributed by atoms with Crippen LogP contribution in [0.3, 0.4) is 0 Å². The molecule has 1 amide bonds. The number of rotatable bonds is 3. The van der Waals surface area contributed by atoms with E-state index in [9.17, 15) is 4.79 Å². The molecule has 2 heterocycles. The van der Waals surface area contributed by atoms with Crippen molar-refractivity contribution in [3.8, 4) is 11.3 Å². The van der Waals surface area contributed by atoms with E-state index in [-0.39, 0.29) is 5.76 Å². The number of halogens is 4. The van der Waals surface area contributed by atoms with E-state index in [1.807, 2.05) is 0 Å². The molecule has 0 bridgehead atoms. The van der Waals surface area contributed by atoms with Crippen molar-refractivity contribution < 1.29 is 9.21 Å². The van der Waals surface area contributed by atoms with Crippen LogP contribution in [0.5, 0.6) is 0 Å². The summed E-state index contributed by atoms with van der Waals surface area (Å²) in [5.74, 6) is 0.146. The first kappa shape index (κ1) is 18.6. The van der Waals surface area contributed by atoms with Gasteiger partial charge < -0.3 is 4.42 Å². The van der Waals surface area contributed by atoms with E-state index in [4.69, 9.17) is 50.8 Å². The van der Waals surface area contributed by atoms with Crippen LogP contribution < -0.4 is 5.32 Å². The van der Waals surface area contributed by atoms with Gasteiger partial charge in [-0.05, 0) is 42.5 Å². The summed E-state index contributed by atoms with van der Waals surface area (Å²) in [6, 6.07) is 11.7. The number of benzene rings is 2. The van der Waals surface area contributed by atoms with Crippen molar-refractivity contribution in [3.05, 3.63) is 68.3 Å². The van der Waals surface area contributed by atoms with Gasteiger partial charge in [-0.1, -0.05) is 57.7 Å². The number of hydrogen-bond donors (Lipinski definition) is 1. The molecule has 0 spiro atoms. The molecule has 0 aliphatic heterocycles. The van der Waals surface area contributed by atoms with Crippen molar-refractivity contribution in [1.82, 2.24) is 4.98 Å². The number of amides is 1. The average molecular weight is 458 g/mol. The Balaban J connectivity index is 1.59. The molecule has 0 aliphatic rings. The van der Waals surface area contributed by atoms with Crippen LogP contribution in [-0.2, 0) is 0 Å². The average Bonchev–Trinajstić information content (AvgIpc) is 3.25. The Bertz CT molecular complexity index is 1190. The number of furan rings is 1. The molecule has 2 aromatic heterocycles. The number of carbonyl (C=O) groups excluding carboxylic acids is 1. The lowest BCUT2D eigenvalue weighted by Gasteiger charge is -2.01. The third-order valence-electron chi connectivity index (χ3n) is 3.70. The zero-order valence-corrected chi connectivity index (χ0v) is 17.1. The molecule has 0 aliphatic carbocycles. The maximum absolute atomic E-state index is 12.5. The first-order chi connectivity index (χ1) is 12.9. The van der Waals surface area contributed by atoms with Gasteiger partial charge in [-0.2, -0.15) is 0 Å². The fourth-order valence-electron chi connectivity index (χ4n) is 2.44. The molecule has 1 N–H and O–H groups in total. The number of aromatic nitrogens is 1. The smallest absolute Gasteiger partial charge is 0.293 e. The number of fused-ring (bicyclic) bond motifs is 1. The van der Waals surface area contributed by atoms with Gasteiger partial charge in [0.2, 0.25) is 0 Å². The summed E-state index contributed by atoms with van der Waals surface area (Å²) in [7, 11) is 0. The van der Waals surface area contributed by atoms with Crippen molar-refractivity contribution >= 4 is 79.0 Å². The molecule has 4 rings (SSSR count). The van der Waals surface area contributed by atoms with Crippen LogP contribution in [-0.4, -0.2) is 10.9 Å². The zero-order valence-electron chi connectivity index (χ0n) is 13.2. The zero-order chi connectivity index (χ0) is 19.1. The quantitative estimate of drug-likeness (QED) is 0.348. The van der Waals surface area contributed by atoms with Gasteiger partial charge in [0, 0.05) is 10.6 Å². The van der Waals surface area contributed by atoms with Gasteiger partial charge in [0.05, 0.1) is 19.8 Å². The molecule has 9 heteroatoms. The van der Waals surface area contributed by atoms with Crippen molar-refractivity contribution in [3.63, 3.8) is 0 Å². The summed E-state index contributed by atoms with van der Waals surface area (Å²) in [6.07, 6.45) is 0. The minimum absolute atomic E-state index is 0.124. The predicted octanol–water partition coefficient (Wildman–Crippen LogP) is 7.42. The van der Waals surface area contributed by atoms with Gasteiger partial charge >= 0.3 is 0 Å². The fourth-order valence-corrected chi connectivity index (χ4v) is 4.23. The lowest BCUT2D eigenvalue weighted by Crippen LogP contribution is -2.10. The van der Waals surface area contributed by atoms with E-state index in [1.165, 1.54) is 11.3 Å². The Morgan fingerprint density at radius 2 is 1.81 bits per heavy atom. The first-order valence-corrected chi connectivity index (χ1v) is 9.86. The molecule has 2 aromatic carbocycles. The van der Waals surface area contributed by atoms with Gasteiger partial charge in [0.15, 0.2) is 10.9 Å². The Hall–Kier alpha value is -1.76. The number of carbonyl (C=O) groups is 1. The lowest BCUT2D eigenvalue weighted by atomic mass is 10.2. The van der Waals surface area contributed by atoms with Crippen LogP contribution >= 0.6 is 57.7 Å². The summed E-state index contributed by atoms with van der Waals surface area (Å²) in [5, 5.41) is 4.80. The summed E-state index contributed by atoms with van der Waals surface area (Å²) in [4.78, 5) is 16.8. The Morgan fingerprint density at radius 1 is 1.00 bits per heavy atom. The molecule has 0 fully saturated rings. The molecule has 4 nitrogen and oxygen atoms in total. The number of nitrogens with zero attached hydrogens (tertiary/aromatic N) is 1. The molecule has 4 aromatic rings. The number of anilines is 1. The standard InChI is InChI=1S/C18H8Cl4N2O2S/c19-8-1-2-9(11(21)7-8)12-4-5-13(26-12)17(25)24-18-23-16-14(27-18)6-3-10(20)15(16)22/h1-7H,(H,23,24,25). The third-order valence-corrected chi connectivity index (χ3v) is 5.98. The van der Waals surface area contributed by atoms with Crippen LogP contribution in [0.4, 0.5) is 5.13 Å². The molecule has 0 saturated heterocycles. The van der Waals surface area contributed by atoms with E-state index in [1.54, 1.807) is 42.5 Å². The molecule has 0 unspecified atom stereocenters. The lowest BCUT2D eigenvalue weighted by molar-refractivity contribution is 0.0997. The van der Waals surface area contributed by atoms with Crippen molar-refractivity contribution in [2.75, 3.05) is 5.32 Å². The number of hydrogen-bond acceptors (Lipinski definition) is 4. The van der Waals surface area contributed by atoms with Crippen LogP contribution in [0.25, 0.3) is 21.5 Å². The van der Waals surface area contributed by atoms with Gasteiger partial charge in [0.1, 0.15) is 11.3 Å². The summed E-state index contributed by atoms with van der Waals surface area (Å²) >= 11 is 25.5. The minimum Gasteiger partial charge on any atom is -0.451 e. The van der Waals surface area contributed by atoms with E-state index >= 15 is 0 Å². The summed E-state index contributed by atoms with van der Waals surface area (Å²) < 4.78 is 6.44. The third kappa shape index (κ3) is 3.66. The maximum atomic E-state index is 12.5. The van der Waals surface area contributed by atoms with Crippen molar-refractivity contribution in [2.24, 2.45) is 0 Å². The second-order valence-electron chi connectivity index (χ2n) is 5.47. The molecule has 0 saturated carbocycles. The van der Waals surface area contributed by atoms with E-state index in [2.05, 4.69) is 10.3 Å². The molecule has 136 valence electrons. The second kappa shape index (κ2) is 7.34. The van der Waals surface area contributed by atoms with Gasteiger partial charge in [-0.3, -0.25) is 10.1 Å². The highest BCUT2D eigenvalue weighted by molar-refractivity contribution is 7.22. The Kier molecular flexibility index (Phi) is 5.05. The minimum atomic E-state index is -0.437.